The summed E-state index contributed by atoms with van der Waals surface area (Å²) in [4.78, 5) is 22.2. The van der Waals surface area contributed by atoms with E-state index >= 15 is 0 Å². The molecule has 0 saturated heterocycles. The van der Waals surface area contributed by atoms with Gasteiger partial charge in [-0.25, -0.2) is 9.59 Å². The molecule has 1 amide bonds. The van der Waals surface area contributed by atoms with Crippen molar-refractivity contribution in [3.63, 3.8) is 0 Å². The molecule has 17 heavy (non-hydrogen) atoms. The van der Waals surface area contributed by atoms with Crippen molar-refractivity contribution in [2.45, 2.75) is 6.04 Å². The van der Waals surface area contributed by atoms with E-state index in [2.05, 4.69) is 21.7 Å². The van der Waals surface area contributed by atoms with Crippen LogP contribution >= 0.6 is 0 Å². The van der Waals surface area contributed by atoms with Crippen LogP contribution in [0, 0.1) is 0 Å². The highest BCUT2D eigenvalue weighted by atomic mass is 16.5. The average molecular weight is 239 g/mol. The Balaban J connectivity index is 2.70. The molecular weight excluding hydrogens is 226 g/mol. The number of ether oxygens (including phenoxy) is 1. The number of alkyl carbamates (subject to hydrolysis) is 1. The number of aliphatic carboxylic acids is 1. The van der Waals surface area contributed by atoms with Gasteiger partial charge in [-0.15, -0.1) is 0 Å². The van der Waals surface area contributed by atoms with Crippen molar-refractivity contribution in [1.29, 1.82) is 0 Å². The van der Waals surface area contributed by atoms with Crippen molar-refractivity contribution in [3.8, 4) is 0 Å². The van der Waals surface area contributed by atoms with Gasteiger partial charge in [0.15, 0.2) is 6.04 Å². The van der Waals surface area contributed by atoms with Gasteiger partial charge in [-0.2, -0.15) is 5.10 Å². The predicted molar refractivity (Wildman–Crippen MR) is 58.3 cm³/mol. The second-order valence-corrected chi connectivity index (χ2v) is 3.22. The SMILES string of the molecule is C=CCOC(=O)NC(C(=O)O)c1ccn(C)n1. The number of amides is 1. The molecular formula is C10H13N3O4. The zero-order valence-corrected chi connectivity index (χ0v) is 9.29. The van der Waals surface area contributed by atoms with Gasteiger partial charge in [-0.05, 0) is 6.07 Å². The van der Waals surface area contributed by atoms with Gasteiger partial charge >= 0.3 is 12.1 Å². The molecule has 7 nitrogen and oxygen atoms in total. The van der Waals surface area contributed by atoms with Crippen molar-refractivity contribution >= 4 is 12.1 Å². The van der Waals surface area contributed by atoms with Gasteiger partial charge < -0.3 is 15.2 Å². The fraction of sp³-hybridized carbons (Fsp3) is 0.300. The molecule has 92 valence electrons. The number of aromatic nitrogens is 2. The molecule has 0 bridgehead atoms. The van der Waals surface area contributed by atoms with E-state index in [4.69, 9.17) is 5.11 Å². The lowest BCUT2D eigenvalue weighted by Gasteiger charge is -2.11. The van der Waals surface area contributed by atoms with Crippen molar-refractivity contribution in [3.05, 3.63) is 30.6 Å². The van der Waals surface area contributed by atoms with Crippen molar-refractivity contribution in [2.24, 2.45) is 7.05 Å². The third-order valence-electron chi connectivity index (χ3n) is 1.87. The number of rotatable bonds is 5. The molecule has 0 saturated carbocycles. The van der Waals surface area contributed by atoms with Gasteiger partial charge in [0.1, 0.15) is 6.61 Å². The quantitative estimate of drug-likeness (QED) is 0.728. The van der Waals surface area contributed by atoms with Crippen molar-refractivity contribution in [2.75, 3.05) is 6.61 Å². The largest absolute Gasteiger partial charge is 0.479 e. The number of aryl methyl sites for hydroxylation is 1. The van der Waals surface area contributed by atoms with E-state index < -0.39 is 18.1 Å². The predicted octanol–water partition coefficient (Wildman–Crippen LogP) is 0.458. The lowest BCUT2D eigenvalue weighted by atomic mass is 10.2. The van der Waals surface area contributed by atoms with E-state index in [0.29, 0.717) is 0 Å². The number of nitrogens with one attached hydrogen (secondary N) is 1. The molecule has 1 unspecified atom stereocenters. The third-order valence-corrected chi connectivity index (χ3v) is 1.87. The maximum Gasteiger partial charge on any atom is 0.408 e. The summed E-state index contributed by atoms with van der Waals surface area (Å²) in [6.07, 6.45) is 2.14. The van der Waals surface area contributed by atoms with Gasteiger partial charge in [-0.1, -0.05) is 12.7 Å². The minimum atomic E-state index is -1.23. The molecule has 0 spiro atoms. The van der Waals surface area contributed by atoms with E-state index in [1.807, 2.05) is 0 Å². The Labute approximate surface area is 97.7 Å². The van der Waals surface area contributed by atoms with Gasteiger partial charge in [0.25, 0.3) is 0 Å². The number of carbonyl (C=O) groups excluding carboxylic acids is 1. The Bertz CT molecular complexity index is 427. The van der Waals surface area contributed by atoms with E-state index in [0.717, 1.165) is 0 Å². The molecule has 1 aromatic rings. The molecule has 0 radical (unpaired) electrons. The zero-order chi connectivity index (χ0) is 12.8. The van der Waals surface area contributed by atoms with E-state index in [1.54, 1.807) is 13.2 Å². The first kappa shape index (κ1) is 12.8. The summed E-state index contributed by atoms with van der Waals surface area (Å²) in [7, 11) is 1.65. The van der Waals surface area contributed by atoms with Crippen LogP contribution in [-0.2, 0) is 16.6 Å². The summed E-state index contributed by atoms with van der Waals surface area (Å²) in [5.41, 5.74) is 0.232. The number of carboxylic acids is 1. The van der Waals surface area contributed by atoms with Crippen LogP contribution in [0.3, 0.4) is 0 Å². The minimum absolute atomic E-state index is 0.0143. The van der Waals surface area contributed by atoms with Gasteiger partial charge in [-0.3, -0.25) is 4.68 Å². The Morgan fingerprint density at radius 3 is 2.94 bits per heavy atom. The monoisotopic (exact) mass is 239 g/mol. The van der Waals surface area contributed by atoms with Crippen LogP contribution in [0.4, 0.5) is 4.79 Å². The van der Waals surface area contributed by atoms with Crippen LogP contribution in [0.15, 0.2) is 24.9 Å². The topological polar surface area (TPSA) is 93.5 Å². The molecule has 2 N–H and O–H groups in total. The average Bonchev–Trinajstić information content (AvgIpc) is 2.69. The molecule has 7 heteroatoms. The lowest BCUT2D eigenvalue weighted by molar-refractivity contribution is -0.139. The maximum atomic E-state index is 11.2. The lowest BCUT2D eigenvalue weighted by Crippen LogP contribution is -2.34. The second-order valence-electron chi connectivity index (χ2n) is 3.22. The van der Waals surface area contributed by atoms with Crippen LogP contribution < -0.4 is 5.32 Å². The summed E-state index contributed by atoms with van der Waals surface area (Å²) in [6.45, 7) is 3.39. The molecule has 0 aliphatic rings. The van der Waals surface area contributed by atoms with Crippen molar-refractivity contribution in [1.82, 2.24) is 15.1 Å². The first-order valence-electron chi connectivity index (χ1n) is 4.81. The van der Waals surface area contributed by atoms with Gasteiger partial charge in [0.05, 0.1) is 5.69 Å². The molecule has 0 aliphatic heterocycles. The van der Waals surface area contributed by atoms with Crippen LogP contribution in [0.2, 0.25) is 0 Å². The highest BCUT2D eigenvalue weighted by Crippen LogP contribution is 2.10. The second kappa shape index (κ2) is 5.69. The summed E-state index contributed by atoms with van der Waals surface area (Å²) in [5, 5.41) is 15.1. The molecule has 1 heterocycles. The Morgan fingerprint density at radius 2 is 2.47 bits per heavy atom. The smallest absolute Gasteiger partial charge is 0.408 e. The standard InChI is InChI=1S/C10H13N3O4/c1-3-6-17-10(16)11-8(9(14)15)7-4-5-13(2)12-7/h3-5,8H,1,6H2,2H3,(H,11,16)(H,14,15). The Kier molecular flexibility index (Phi) is 4.27. The van der Waals surface area contributed by atoms with Gasteiger partial charge in [0.2, 0.25) is 0 Å². The summed E-state index contributed by atoms with van der Waals surface area (Å²) in [6, 6.07) is 0.278. The van der Waals surface area contributed by atoms with E-state index in [1.165, 1.54) is 16.8 Å². The minimum Gasteiger partial charge on any atom is -0.479 e. The molecule has 0 fully saturated rings. The van der Waals surface area contributed by atoms with Gasteiger partial charge in [0, 0.05) is 13.2 Å². The fourth-order valence-corrected chi connectivity index (χ4v) is 1.14. The molecule has 0 aromatic carbocycles. The molecule has 1 aromatic heterocycles. The Hall–Kier alpha value is -2.31. The normalized spacial score (nSPS) is 11.6. The number of hydrogen-bond acceptors (Lipinski definition) is 4. The number of nitrogens with zero attached hydrogens (tertiary/aromatic N) is 2. The zero-order valence-electron chi connectivity index (χ0n) is 9.29. The molecule has 1 rings (SSSR count). The maximum absolute atomic E-state index is 11.2. The summed E-state index contributed by atoms with van der Waals surface area (Å²) >= 11 is 0. The first-order valence-corrected chi connectivity index (χ1v) is 4.81. The van der Waals surface area contributed by atoms with Crippen LogP contribution in [0.25, 0.3) is 0 Å². The fourth-order valence-electron chi connectivity index (χ4n) is 1.14. The van der Waals surface area contributed by atoms with Crippen LogP contribution in [-0.4, -0.2) is 33.6 Å². The van der Waals surface area contributed by atoms with E-state index in [9.17, 15) is 9.59 Å². The molecule has 0 aliphatic carbocycles. The van der Waals surface area contributed by atoms with Crippen molar-refractivity contribution < 1.29 is 19.4 Å². The third kappa shape index (κ3) is 3.63. The Morgan fingerprint density at radius 1 is 1.76 bits per heavy atom. The van der Waals surface area contributed by atoms with Crippen LogP contribution in [0.1, 0.15) is 11.7 Å². The highest BCUT2D eigenvalue weighted by molar-refractivity contribution is 5.80. The van der Waals surface area contributed by atoms with E-state index in [-0.39, 0.29) is 12.3 Å². The first-order chi connectivity index (χ1) is 8.04. The summed E-state index contributed by atoms with van der Waals surface area (Å²) < 4.78 is 6.08. The number of carboxylic acid groups (broad SMARTS) is 1. The highest BCUT2D eigenvalue weighted by Gasteiger charge is 2.24. The number of hydrogen-bond donors (Lipinski definition) is 2. The molecule has 1 atom stereocenters. The summed E-state index contributed by atoms with van der Waals surface area (Å²) in [5.74, 6) is -1.21. The number of carbonyl (C=O) groups is 2. The van der Waals surface area contributed by atoms with Crippen LogP contribution in [0.5, 0.6) is 0 Å².